The molecule has 0 aliphatic carbocycles. The zero-order valence-electron chi connectivity index (χ0n) is 16.8. The molecule has 2 heterocycles. The molecule has 0 saturated heterocycles. The molecule has 5 aromatic rings. The van der Waals surface area contributed by atoms with Gasteiger partial charge < -0.3 is 9.09 Å². The molecule has 1 radical (unpaired) electrons. The van der Waals surface area contributed by atoms with Crippen molar-refractivity contribution in [2.24, 2.45) is 7.05 Å². The molecule has 0 N–H and O–H groups in total. The van der Waals surface area contributed by atoms with Gasteiger partial charge >= 0.3 is 0 Å². The van der Waals surface area contributed by atoms with Crippen molar-refractivity contribution in [3.05, 3.63) is 114 Å². The monoisotopic (exact) mass is 392 g/mol. The highest BCUT2D eigenvalue weighted by Crippen LogP contribution is 2.23. The first-order valence-electron chi connectivity index (χ1n) is 10.1. The summed E-state index contributed by atoms with van der Waals surface area (Å²) in [6.07, 6.45) is 5.57. The van der Waals surface area contributed by atoms with Crippen molar-refractivity contribution in [2.75, 3.05) is 0 Å². The van der Waals surface area contributed by atoms with Crippen LogP contribution in [0.5, 0.6) is 0 Å². The maximum Gasteiger partial charge on any atom is 0.230 e. The van der Waals surface area contributed by atoms with Gasteiger partial charge in [-0.2, -0.15) is 4.98 Å². The maximum atomic E-state index is 5.45. The van der Waals surface area contributed by atoms with Crippen molar-refractivity contribution in [2.45, 2.75) is 12.8 Å². The van der Waals surface area contributed by atoms with Crippen molar-refractivity contribution in [3.8, 4) is 11.1 Å². The first-order valence-corrected chi connectivity index (χ1v) is 10.1. The number of hydrogen-bond donors (Lipinski definition) is 0. The second-order valence-electron chi connectivity index (χ2n) is 7.48. The smallest absolute Gasteiger partial charge is 0.230 e. The normalized spacial score (nSPS) is 11.2. The molecule has 3 aromatic carbocycles. The first kappa shape index (κ1) is 18.4. The van der Waals surface area contributed by atoms with Gasteiger partial charge in [0.1, 0.15) is 0 Å². The molecule has 0 atom stereocenters. The summed E-state index contributed by atoms with van der Waals surface area (Å²) in [6.45, 7) is 0. The van der Waals surface area contributed by atoms with Crippen molar-refractivity contribution >= 4 is 10.9 Å². The minimum atomic E-state index is 0.568. The molecular weight excluding hydrogens is 370 g/mol. The number of hydrogen-bond acceptors (Lipinski definition) is 3. The Hall–Kier alpha value is -3.66. The number of aryl methyl sites for hydroxylation is 1. The summed E-state index contributed by atoms with van der Waals surface area (Å²) >= 11 is 0. The van der Waals surface area contributed by atoms with E-state index >= 15 is 0 Å². The Balaban J connectivity index is 1.24. The fourth-order valence-corrected chi connectivity index (χ4v) is 3.84. The van der Waals surface area contributed by atoms with Crippen LogP contribution >= 0.6 is 0 Å². The van der Waals surface area contributed by atoms with E-state index < -0.39 is 0 Å². The second-order valence-corrected chi connectivity index (χ2v) is 7.48. The van der Waals surface area contributed by atoms with Gasteiger partial charge in [-0.1, -0.05) is 78.0 Å². The van der Waals surface area contributed by atoms with Crippen LogP contribution in [-0.4, -0.2) is 14.7 Å². The fraction of sp³-hybridized carbons (Fsp3) is 0.115. The van der Waals surface area contributed by atoms with Gasteiger partial charge in [0.25, 0.3) is 0 Å². The van der Waals surface area contributed by atoms with Crippen LogP contribution in [0.3, 0.4) is 0 Å². The minimum Gasteiger partial charge on any atom is -0.350 e. The van der Waals surface area contributed by atoms with Crippen LogP contribution in [0.2, 0.25) is 0 Å². The largest absolute Gasteiger partial charge is 0.350 e. The van der Waals surface area contributed by atoms with Crippen molar-refractivity contribution < 1.29 is 4.52 Å². The minimum absolute atomic E-state index is 0.568. The van der Waals surface area contributed by atoms with Gasteiger partial charge in [-0.15, -0.1) is 0 Å². The summed E-state index contributed by atoms with van der Waals surface area (Å²) in [6, 6.07) is 27.3. The SMILES string of the molecule is Cn1cc(C[CH]c2nc(Cc3ccc(-c4ccccc4)cc3)no2)c2ccccc21. The quantitative estimate of drug-likeness (QED) is 0.377. The van der Waals surface area contributed by atoms with Crippen LogP contribution in [0.25, 0.3) is 22.0 Å². The van der Waals surface area contributed by atoms with Crippen LogP contribution in [0.4, 0.5) is 0 Å². The van der Waals surface area contributed by atoms with Crippen molar-refractivity contribution in [1.29, 1.82) is 0 Å². The molecule has 0 aliphatic heterocycles. The highest BCUT2D eigenvalue weighted by molar-refractivity contribution is 5.84. The topological polar surface area (TPSA) is 43.9 Å². The number of fused-ring (bicyclic) bond motifs is 1. The Labute approximate surface area is 175 Å². The van der Waals surface area contributed by atoms with Crippen LogP contribution in [-0.2, 0) is 19.9 Å². The van der Waals surface area contributed by atoms with E-state index in [1.807, 2.05) is 12.5 Å². The second kappa shape index (κ2) is 7.99. The average Bonchev–Trinajstić information content (AvgIpc) is 3.37. The number of benzene rings is 3. The third kappa shape index (κ3) is 3.77. The molecule has 0 fully saturated rings. The van der Waals surface area contributed by atoms with Gasteiger partial charge in [0.15, 0.2) is 5.82 Å². The molecule has 0 amide bonds. The fourth-order valence-electron chi connectivity index (χ4n) is 3.84. The maximum absolute atomic E-state index is 5.45. The summed E-state index contributed by atoms with van der Waals surface area (Å²) in [4.78, 5) is 4.55. The standard InChI is InChI=1S/C26H22N3O/c1-29-18-22(23-9-5-6-10-24(23)29)15-16-26-27-25(28-30-26)17-19-11-13-21(14-12-19)20-7-3-2-4-8-20/h2-14,16,18H,15,17H2,1H3. The van der Waals surface area contributed by atoms with Gasteiger partial charge in [-0.05, 0) is 34.7 Å². The van der Waals surface area contributed by atoms with Crippen LogP contribution in [0, 0.1) is 6.42 Å². The molecule has 4 heteroatoms. The predicted octanol–water partition coefficient (Wildman–Crippen LogP) is 5.61. The highest BCUT2D eigenvalue weighted by atomic mass is 16.5. The predicted molar refractivity (Wildman–Crippen MR) is 119 cm³/mol. The summed E-state index contributed by atoms with van der Waals surface area (Å²) < 4.78 is 7.60. The molecule has 4 nitrogen and oxygen atoms in total. The zero-order chi connectivity index (χ0) is 20.3. The van der Waals surface area contributed by atoms with E-state index in [-0.39, 0.29) is 0 Å². The molecule has 0 unspecified atom stereocenters. The van der Waals surface area contributed by atoms with Crippen LogP contribution < -0.4 is 0 Å². The lowest BCUT2D eigenvalue weighted by Gasteiger charge is -2.03. The lowest BCUT2D eigenvalue weighted by Crippen LogP contribution is -1.92. The molecule has 147 valence electrons. The van der Waals surface area contributed by atoms with Gasteiger partial charge in [-0.3, -0.25) is 0 Å². The molecule has 0 aliphatic rings. The third-order valence-electron chi connectivity index (χ3n) is 5.38. The molecule has 30 heavy (non-hydrogen) atoms. The number of nitrogens with zero attached hydrogens (tertiary/aromatic N) is 3. The number of rotatable bonds is 6. The first-order chi connectivity index (χ1) is 14.8. The van der Waals surface area contributed by atoms with Gasteiger partial charge in [0.2, 0.25) is 5.89 Å². The molecule has 0 spiro atoms. The highest BCUT2D eigenvalue weighted by Gasteiger charge is 2.11. The van der Waals surface area contributed by atoms with Crippen molar-refractivity contribution in [3.63, 3.8) is 0 Å². The summed E-state index contributed by atoms with van der Waals surface area (Å²) in [7, 11) is 2.07. The lowest BCUT2D eigenvalue weighted by molar-refractivity contribution is 0.391. The lowest BCUT2D eigenvalue weighted by atomic mass is 10.0. The van der Waals surface area contributed by atoms with E-state index in [1.165, 1.54) is 27.6 Å². The Morgan fingerprint density at radius 2 is 1.60 bits per heavy atom. The van der Waals surface area contributed by atoms with Crippen molar-refractivity contribution in [1.82, 2.24) is 14.7 Å². The Morgan fingerprint density at radius 1 is 0.867 bits per heavy atom. The molecular formula is C26H22N3O. The van der Waals surface area contributed by atoms with E-state index in [4.69, 9.17) is 4.52 Å². The number of aromatic nitrogens is 3. The van der Waals surface area contributed by atoms with E-state index in [0.717, 1.165) is 12.0 Å². The Bertz CT molecular complexity index is 1270. The molecule has 0 bridgehead atoms. The van der Waals surface area contributed by atoms with Gasteiger partial charge in [0.05, 0.1) is 6.42 Å². The Morgan fingerprint density at radius 3 is 2.43 bits per heavy atom. The van der Waals surface area contributed by atoms with E-state index in [2.05, 4.69) is 101 Å². The summed E-state index contributed by atoms with van der Waals surface area (Å²) in [5, 5.41) is 5.41. The Kier molecular flexibility index (Phi) is 4.89. The van der Waals surface area contributed by atoms with Gasteiger partial charge in [-0.25, -0.2) is 0 Å². The van der Waals surface area contributed by atoms with Crippen LogP contribution in [0.1, 0.15) is 22.8 Å². The summed E-state index contributed by atoms with van der Waals surface area (Å²) in [5.41, 5.74) is 6.07. The van der Waals surface area contributed by atoms with E-state index in [0.29, 0.717) is 18.1 Å². The zero-order valence-corrected chi connectivity index (χ0v) is 16.8. The van der Waals surface area contributed by atoms with Crippen LogP contribution in [0.15, 0.2) is 89.6 Å². The van der Waals surface area contributed by atoms with Gasteiger partial charge in [0, 0.05) is 30.6 Å². The molecule has 0 saturated carbocycles. The molecule has 2 aromatic heterocycles. The van der Waals surface area contributed by atoms with E-state index in [1.54, 1.807) is 0 Å². The number of para-hydroxylation sites is 1. The average molecular weight is 392 g/mol. The van der Waals surface area contributed by atoms with E-state index in [9.17, 15) is 0 Å². The third-order valence-corrected chi connectivity index (χ3v) is 5.38. The molecule has 5 rings (SSSR count). The summed E-state index contributed by atoms with van der Waals surface area (Å²) in [5.74, 6) is 1.27.